The van der Waals surface area contributed by atoms with E-state index in [1.807, 2.05) is 16.5 Å². The predicted molar refractivity (Wildman–Crippen MR) is 98.2 cm³/mol. The van der Waals surface area contributed by atoms with Crippen LogP contribution in [0.4, 0.5) is 0 Å². The number of carbonyl (C=O) groups is 2. The maximum atomic E-state index is 13.0. The van der Waals surface area contributed by atoms with E-state index in [-0.39, 0.29) is 30.9 Å². The second-order valence-corrected chi connectivity index (χ2v) is 7.24. The van der Waals surface area contributed by atoms with Gasteiger partial charge in [0.1, 0.15) is 12.2 Å². The van der Waals surface area contributed by atoms with Gasteiger partial charge in [-0.15, -0.1) is 0 Å². The number of H-pyrrole nitrogens is 1. The fourth-order valence-corrected chi connectivity index (χ4v) is 4.05. The number of aromatic amines is 1. The average molecular weight is 387 g/mol. The van der Waals surface area contributed by atoms with Crippen LogP contribution in [0.3, 0.4) is 0 Å². The van der Waals surface area contributed by atoms with Crippen LogP contribution in [0.2, 0.25) is 0 Å². The molecule has 2 N–H and O–H groups in total. The van der Waals surface area contributed by atoms with Crippen molar-refractivity contribution in [1.82, 2.24) is 34.8 Å². The Hall–Kier alpha value is -2.75. The zero-order chi connectivity index (χ0) is 19.7. The van der Waals surface area contributed by atoms with Crippen LogP contribution < -0.4 is 0 Å². The van der Waals surface area contributed by atoms with Crippen molar-refractivity contribution in [1.29, 1.82) is 0 Å². The summed E-state index contributed by atoms with van der Waals surface area (Å²) in [5.74, 6) is 0.773. The normalized spacial score (nSPS) is 18.5. The van der Waals surface area contributed by atoms with Crippen molar-refractivity contribution in [2.24, 2.45) is 5.92 Å². The summed E-state index contributed by atoms with van der Waals surface area (Å²) in [6.45, 7) is 4.16. The van der Waals surface area contributed by atoms with Gasteiger partial charge in [0, 0.05) is 31.6 Å². The molecule has 10 heteroatoms. The topological polar surface area (TPSA) is 120 Å². The second kappa shape index (κ2) is 7.70. The molecule has 150 valence electrons. The highest BCUT2D eigenvalue weighted by atomic mass is 16.3. The minimum Gasteiger partial charge on any atom is -0.395 e. The minimum atomic E-state index is -0.181. The number of hydrogen-bond acceptors (Lipinski definition) is 6. The van der Waals surface area contributed by atoms with Crippen molar-refractivity contribution in [3.8, 4) is 0 Å². The first-order chi connectivity index (χ1) is 13.6. The van der Waals surface area contributed by atoms with E-state index < -0.39 is 0 Å². The van der Waals surface area contributed by atoms with Crippen LogP contribution in [-0.4, -0.2) is 77.9 Å². The van der Waals surface area contributed by atoms with Crippen LogP contribution in [0.15, 0.2) is 6.33 Å². The number of nitrogens with zero attached hydrogens (tertiary/aromatic N) is 6. The van der Waals surface area contributed by atoms with Crippen LogP contribution in [0.25, 0.3) is 0 Å². The van der Waals surface area contributed by atoms with E-state index in [2.05, 4.69) is 20.3 Å². The molecule has 2 aliphatic rings. The van der Waals surface area contributed by atoms with E-state index in [1.165, 1.54) is 6.33 Å². The van der Waals surface area contributed by atoms with E-state index in [1.54, 1.807) is 4.90 Å². The maximum absolute atomic E-state index is 13.0. The largest absolute Gasteiger partial charge is 0.395 e. The first kappa shape index (κ1) is 18.6. The molecule has 1 atom stereocenters. The van der Waals surface area contributed by atoms with Crippen molar-refractivity contribution >= 4 is 11.8 Å². The standard InChI is InChI=1S/C18H25N7O3/c1-2-23(7-8-26)18(28)16-13-5-6-24(10-14(13)21-22-16)17(27)12-3-4-15-19-11-20-25(15)9-12/h11-12,26H,2-10H2,1H3,(H,21,22). The van der Waals surface area contributed by atoms with E-state index in [0.717, 1.165) is 29.9 Å². The van der Waals surface area contributed by atoms with Gasteiger partial charge in [0.25, 0.3) is 5.91 Å². The van der Waals surface area contributed by atoms with Crippen molar-refractivity contribution in [3.63, 3.8) is 0 Å². The molecule has 0 aliphatic carbocycles. The van der Waals surface area contributed by atoms with Crippen LogP contribution in [0.5, 0.6) is 0 Å². The van der Waals surface area contributed by atoms with E-state index in [0.29, 0.717) is 38.3 Å². The highest BCUT2D eigenvalue weighted by molar-refractivity contribution is 5.94. The lowest BCUT2D eigenvalue weighted by molar-refractivity contribution is -0.137. The SMILES string of the molecule is CCN(CCO)C(=O)c1n[nH]c2c1CCN(C(=O)C1CCc3ncnn3C1)C2. The molecule has 0 saturated carbocycles. The first-order valence-electron chi connectivity index (χ1n) is 9.74. The molecular weight excluding hydrogens is 362 g/mol. The third kappa shape index (κ3) is 3.28. The second-order valence-electron chi connectivity index (χ2n) is 7.24. The molecule has 0 radical (unpaired) electrons. The van der Waals surface area contributed by atoms with Gasteiger partial charge >= 0.3 is 0 Å². The summed E-state index contributed by atoms with van der Waals surface area (Å²) in [5, 5.41) is 20.5. The molecule has 0 bridgehead atoms. The zero-order valence-electron chi connectivity index (χ0n) is 16.0. The molecule has 0 fully saturated rings. The van der Waals surface area contributed by atoms with Crippen LogP contribution in [-0.2, 0) is 30.7 Å². The Labute approximate surface area is 162 Å². The maximum Gasteiger partial charge on any atom is 0.274 e. The number of aryl methyl sites for hydroxylation is 1. The fourth-order valence-electron chi connectivity index (χ4n) is 4.05. The third-order valence-corrected chi connectivity index (χ3v) is 5.64. The van der Waals surface area contributed by atoms with Gasteiger partial charge in [-0.25, -0.2) is 9.67 Å². The van der Waals surface area contributed by atoms with Gasteiger partial charge in [0.05, 0.1) is 31.3 Å². The summed E-state index contributed by atoms with van der Waals surface area (Å²) >= 11 is 0. The number of nitrogens with one attached hydrogen (secondary N) is 1. The van der Waals surface area contributed by atoms with Gasteiger partial charge in [-0.1, -0.05) is 0 Å². The molecule has 0 saturated heterocycles. The van der Waals surface area contributed by atoms with Crippen LogP contribution in [0, 0.1) is 5.92 Å². The third-order valence-electron chi connectivity index (χ3n) is 5.64. The van der Waals surface area contributed by atoms with E-state index in [9.17, 15) is 9.59 Å². The Kier molecular flexibility index (Phi) is 5.12. The van der Waals surface area contributed by atoms with Crippen molar-refractivity contribution in [3.05, 3.63) is 29.1 Å². The first-order valence-corrected chi connectivity index (χ1v) is 9.74. The molecule has 2 aliphatic heterocycles. The number of carbonyl (C=O) groups excluding carboxylic acids is 2. The Morgan fingerprint density at radius 1 is 1.39 bits per heavy atom. The molecule has 0 aromatic carbocycles. The van der Waals surface area contributed by atoms with Crippen molar-refractivity contribution in [2.75, 3.05) is 26.2 Å². The Balaban J connectivity index is 1.45. The number of aromatic nitrogens is 5. The molecule has 2 aromatic rings. The van der Waals surface area contributed by atoms with Gasteiger partial charge in [0.2, 0.25) is 5.91 Å². The van der Waals surface area contributed by atoms with Crippen molar-refractivity contribution < 1.29 is 14.7 Å². The van der Waals surface area contributed by atoms with Gasteiger partial charge in [-0.2, -0.15) is 10.2 Å². The summed E-state index contributed by atoms with van der Waals surface area (Å²) in [7, 11) is 0. The zero-order valence-corrected chi connectivity index (χ0v) is 16.0. The Bertz CT molecular complexity index is 874. The summed E-state index contributed by atoms with van der Waals surface area (Å²) < 4.78 is 1.81. The molecule has 2 amide bonds. The van der Waals surface area contributed by atoms with Crippen LogP contribution in [0.1, 0.15) is 40.9 Å². The lowest BCUT2D eigenvalue weighted by Crippen LogP contribution is -2.42. The molecule has 4 rings (SSSR count). The molecule has 2 aromatic heterocycles. The molecule has 10 nitrogen and oxygen atoms in total. The highest BCUT2D eigenvalue weighted by Gasteiger charge is 2.33. The van der Waals surface area contributed by atoms with Gasteiger partial charge in [-0.05, 0) is 19.8 Å². The summed E-state index contributed by atoms with van der Waals surface area (Å²) in [5.41, 5.74) is 2.11. The summed E-state index contributed by atoms with van der Waals surface area (Å²) in [6, 6.07) is 0. The average Bonchev–Trinajstić information content (AvgIpc) is 3.36. The number of rotatable bonds is 5. The predicted octanol–water partition coefficient (Wildman–Crippen LogP) is -0.397. The Morgan fingerprint density at radius 3 is 3.04 bits per heavy atom. The minimum absolute atomic E-state index is 0.0800. The van der Waals surface area contributed by atoms with E-state index in [4.69, 9.17) is 5.11 Å². The van der Waals surface area contributed by atoms with Gasteiger partial charge in [-0.3, -0.25) is 14.7 Å². The molecule has 4 heterocycles. The van der Waals surface area contributed by atoms with Crippen molar-refractivity contribution in [2.45, 2.75) is 39.3 Å². The fraction of sp³-hybridized carbons (Fsp3) is 0.611. The quantitative estimate of drug-likeness (QED) is 0.720. The number of likely N-dealkylation sites (N-methyl/N-ethyl adjacent to an activating group) is 1. The smallest absolute Gasteiger partial charge is 0.274 e. The number of amides is 2. The Morgan fingerprint density at radius 2 is 2.25 bits per heavy atom. The highest BCUT2D eigenvalue weighted by Crippen LogP contribution is 2.25. The van der Waals surface area contributed by atoms with Crippen LogP contribution >= 0.6 is 0 Å². The number of aliphatic hydroxyl groups excluding tert-OH is 1. The molecule has 28 heavy (non-hydrogen) atoms. The lowest BCUT2D eigenvalue weighted by atomic mass is 9.96. The molecular formula is C18H25N7O3. The summed E-state index contributed by atoms with van der Waals surface area (Å²) in [6.07, 6.45) is 3.67. The van der Waals surface area contributed by atoms with E-state index >= 15 is 0 Å². The monoisotopic (exact) mass is 387 g/mol. The van der Waals surface area contributed by atoms with Gasteiger partial charge < -0.3 is 14.9 Å². The van der Waals surface area contributed by atoms with Gasteiger partial charge in [0.15, 0.2) is 5.69 Å². The lowest BCUT2D eigenvalue weighted by Gasteiger charge is -2.32. The number of aliphatic hydroxyl groups is 1. The molecule has 0 spiro atoms. The molecule has 1 unspecified atom stereocenters. The summed E-state index contributed by atoms with van der Waals surface area (Å²) in [4.78, 5) is 33.3. The number of hydrogen-bond donors (Lipinski definition) is 2. The number of fused-ring (bicyclic) bond motifs is 2.